The van der Waals surface area contributed by atoms with E-state index in [1.54, 1.807) is 44.6 Å². The van der Waals surface area contributed by atoms with Gasteiger partial charge in [-0.3, -0.25) is 4.79 Å². The van der Waals surface area contributed by atoms with Gasteiger partial charge in [0.05, 0.1) is 14.2 Å². The van der Waals surface area contributed by atoms with E-state index in [2.05, 4.69) is 10.2 Å². The SMILES string of the molecule is COc1ccc(/C=C/C(=O)N2CCC(c3nnc(-c4ccc(F)cc4)o3)CC2)cc1OC. The summed E-state index contributed by atoms with van der Waals surface area (Å²) in [4.78, 5) is 14.4. The van der Waals surface area contributed by atoms with Crippen molar-refractivity contribution in [2.45, 2.75) is 18.8 Å². The Morgan fingerprint density at radius 1 is 1.06 bits per heavy atom. The van der Waals surface area contributed by atoms with Crippen LogP contribution >= 0.6 is 0 Å². The van der Waals surface area contributed by atoms with Crippen LogP contribution in [0, 0.1) is 5.82 Å². The quantitative estimate of drug-likeness (QED) is 0.535. The Kier molecular flexibility index (Phi) is 6.49. The fourth-order valence-electron chi connectivity index (χ4n) is 3.68. The lowest BCUT2D eigenvalue weighted by Crippen LogP contribution is -2.36. The maximum atomic E-state index is 13.1. The monoisotopic (exact) mass is 437 g/mol. The number of carbonyl (C=O) groups is 1. The number of ether oxygens (including phenoxy) is 2. The lowest BCUT2D eigenvalue weighted by atomic mass is 9.97. The average molecular weight is 437 g/mol. The molecule has 1 amide bonds. The number of aromatic nitrogens is 2. The fourth-order valence-corrected chi connectivity index (χ4v) is 3.68. The van der Waals surface area contributed by atoms with Crippen LogP contribution in [0.4, 0.5) is 4.39 Å². The van der Waals surface area contributed by atoms with E-state index in [1.165, 1.54) is 12.1 Å². The van der Waals surface area contributed by atoms with Gasteiger partial charge in [-0.15, -0.1) is 10.2 Å². The smallest absolute Gasteiger partial charge is 0.247 e. The van der Waals surface area contributed by atoms with Crippen LogP contribution in [0.5, 0.6) is 11.5 Å². The van der Waals surface area contributed by atoms with Gasteiger partial charge < -0.3 is 18.8 Å². The molecule has 7 nitrogen and oxygen atoms in total. The van der Waals surface area contributed by atoms with Gasteiger partial charge in [0.2, 0.25) is 17.7 Å². The van der Waals surface area contributed by atoms with Crippen LogP contribution in [-0.4, -0.2) is 48.3 Å². The van der Waals surface area contributed by atoms with E-state index in [0.717, 1.165) is 18.4 Å². The van der Waals surface area contributed by atoms with Gasteiger partial charge in [0.15, 0.2) is 11.5 Å². The maximum absolute atomic E-state index is 13.1. The largest absolute Gasteiger partial charge is 0.493 e. The Hall–Kier alpha value is -3.68. The van der Waals surface area contributed by atoms with Crippen molar-refractivity contribution in [1.82, 2.24) is 15.1 Å². The zero-order valence-corrected chi connectivity index (χ0v) is 18.0. The van der Waals surface area contributed by atoms with E-state index in [1.807, 2.05) is 17.0 Å². The summed E-state index contributed by atoms with van der Waals surface area (Å²) < 4.78 is 29.4. The van der Waals surface area contributed by atoms with Gasteiger partial charge in [-0.1, -0.05) is 6.07 Å². The zero-order chi connectivity index (χ0) is 22.5. The number of hydrogen-bond donors (Lipinski definition) is 0. The summed E-state index contributed by atoms with van der Waals surface area (Å²) in [5.41, 5.74) is 1.53. The number of benzene rings is 2. The third-order valence-corrected chi connectivity index (χ3v) is 5.51. The molecule has 0 atom stereocenters. The summed E-state index contributed by atoms with van der Waals surface area (Å²) in [7, 11) is 3.16. The van der Waals surface area contributed by atoms with Gasteiger partial charge in [0.25, 0.3) is 0 Å². The van der Waals surface area contributed by atoms with Gasteiger partial charge in [0, 0.05) is 30.6 Å². The second-order valence-electron chi connectivity index (χ2n) is 7.50. The first kappa shape index (κ1) is 21.5. The Labute approximate surface area is 185 Å². The van der Waals surface area contributed by atoms with Crippen molar-refractivity contribution in [2.75, 3.05) is 27.3 Å². The van der Waals surface area contributed by atoms with Gasteiger partial charge >= 0.3 is 0 Å². The molecule has 2 aromatic carbocycles. The third-order valence-electron chi connectivity index (χ3n) is 5.51. The first-order chi connectivity index (χ1) is 15.6. The van der Waals surface area contributed by atoms with Gasteiger partial charge in [-0.25, -0.2) is 4.39 Å². The summed E-state index contributed by atoms with van der Waals surface area (Å²) in [6.07, 6.45) is 4.81. The van der Waals surface area contributed by atoms with E-state index in [9.17, 15) is 9.18 Å². The van der Waals surface area contributed by atoms with Crippen LogP contribution in [0.3, 0.4) is 0 Å². The summed E-state index contributed by atoms with van der Waals surface area (Å²) in [6, 6.07) is 11.4. The van der Waals surface area contributed by atoms with Crippen LogP contribution in [-0.2, 0) is 4.79 Å². The fraction of sp³-hybridized carbons (Fsp3) is 0.292. The van der Waals surface area contributed by atoms with Crippen molar-refractivity contribution < 1.29 is 23.1 Å². The average Bonchev–Trinajstić information content (AvgIpc) is 3.33. The highest BCUT2D eigenvalue weighted by Crippen LogP contribution is 2.30. The van der Waals surface area contributed by atoms with Gasteiger partial charge in [-0.05, 0) is 60.9 Å². The number of nitrogens with zero attached hydrogens (tertiary/aromatic N) is 3. The van der Waals surface area contributed by atoms with Crippen molar-refractivity contribution in [3.8, 4) is 23.0 Å². The van der Waals surface area contributed by atoms with Crippen molar-refractivity contribution in [3.05, 3.63) is 65.8 Å². The van der Waals surface area contributed by atoms with Crippen molar-refractivity contribution in [3.63, 3.8) is 0 Å². The molecule has 0 radical (unpaired) electrons. The number of methoxy groups -OCH3 is 2. The molecular weight excluding hydrogens is 413 g/mol. The molecule has 0 spiro atoms. The Bertz CT molecular complexity index is 1100. The molecule has 2 heterocycles. The predicted molar refractivity (Wildman–Crippen MR) is 117 cm³/mol. The molecule has 0 saturated carbocycles. The highest BCUT2D eigenvalue weighted by atomic mass is 19.1. The lowest BCUT2D eigenvalue weighted by Gasteiger charge is -2.29. The molecule has 1 aromatic heterocycles. The third kappa shape index (κ3) is 4.80. The minimum absolute atomic E-state index is 0.0456. The predicted octanol–water partition coefficient (Wildman–Crippen LogP) is 4.31. The Morgan fingerprint density at radius 3 is 2.47 bits per heavy atom. The molecular formula is C24H24FN3O4. The number of rotatable bonds is 6. The zero-order valence-electron chi connectivity index (χ0n) is 18.0. The summed E-state index contributed by atoms with van der Waals surface area (Å²) >= 11 is 0. The molecule has 32 heavy (non-hydrogen) atoms. The topological polar surface area (TPSA) is 77.7 Å². The minimum Gasteiger partial charge on any atom is -0.493 e. The van der Waals surface area contributed by atoms with Crippen molar-refractivity contribution >= 4 is 12.0 Å². The van der Waals surface area contributed by atoms with E-state index >= 15 is 0 Å². The van der Waals surface area contributed by atoms with Crippen LogP contribution in [0.15, 0.2) is 53.0 Å². The molecule has 1 aliphatic rings. The summed E-state index contributed by atoms with van der Waals surface area (Å²) in [5.74, 6) is 1.91. The van der Waals surface area contributed by atoms with Crippen LogP contribution in [0.1, 0.15) is 30.2 Å². The summed E-state index contributed by atoms with van der Waals surface area (Å²) in [6.45, 7) is 1.21. The van der Waals surface area contributed by atoms with Crippen LogP contribution in [0.25, 0.3) is 17.5 Å². The molecule has 1 saturated heterocycles. The first-order valence-corrected chi connectivity index (χ1v) is 10.4. The maximum Gasteiger partial charge on any atom is 0.247 e. The van der Waals surface area contributed by atoms with Gasteiger partial charge in [-0.2, -0.15) is 0 Å². The van der Waals surface area contributed by atoms with E-state index in [0.29, 0.717) is 41.9 Å². The molecule has 1 fully saturated rings. The minimum atomic E-state index is -0.314. The van der Waals surface area contributed by atoms with E-state index in [4.69, 9.17) is 13.9 Å². The Balaban J connectivity index is 1.34. The molecule has 0 unspecified atom stereocenters. The molecule has 0 bridgehead atoms. The lowest BCUT2D eigenvalue weighted by molar-refractivity contribution is -0.127. The van der Waals surface area contributed by atoms with Crippen molar-refractivity contribution in [1.29, 1.82) is 0 Å². The highest BCUT2D eigenvalue weighted by molar-refractivity contribution is 5.92. The molecule has 1 aliphatic heterocycles. The molecule has 0 N–H and O–H groups in total. The second kappa shape index (κ2) is 9.64. The summed E-state index contributed by atoms with van der Waals surface area (Å²) in [5, 5.41) is 8.25. The van der Waals surface area contributed by atoms with Gasteiger partial charge in [0.1, 0.15) is 5.82 Å². The number of carbonyl (C=O) groups excluding carboxylic acids is 1. The molecule has 166 valence electrons. The molecule has 8 heteroatoms. The van der Waals surface area contributed by atoms with Crippen LogP contribution < -0.4 is 9.47 Å². The van der Waals surface area contributed by atoms with Crippen LogP contribution in [0.2, 0.25) is 0 Å². The second-order valence-corrected chi connectivity index (χ2v) is 7.50. The number of amides is 1. The normalized spacial score (nSPS) is 14.7. The standard InChI is InChI=1S/C24H24FN3O4/c1-30-20-9-3-16(15-21(20)31-2)4-10-22(29)28-13-11-18(12-14-28)24-27-26-23(32-24)17-5-7-19(25)8-6-17/h3-10,15,18H,11-14H2,1-2H3/b10-4+. The van der Waals surface area contributed by atoms with Crippen molar-refractivity contribution in [2.24, 2.45) is 0 Å². The van der Waals surface area contributed by atoms with E-state index < -0.39 is 0 Å². The Morgan fingerprint density at radius 2 is 1.78 bits per heavy atom. The molecule has 4 rings (SSSR count). The first-order valence-electron chi connectivity index (χ1n) is 10.4. The number of piperidine rings is 1. The number of hydrogen-bond acceptors (Lipinski definition) is 6. The molecule has 0 aliphatic carbocycles. The molecule has 3 aromatic rings. The number of likely N-dealkylation sites (tertiary alicyclic amines) is 1. The van der Waals surface area contributed by atoms with E-state index in [-0.39, 0.29) is 17.6 Å². The number of halogens is 1. The highest BCUT2D eigenvalue weighted by Gasteiger charge is 2.26.